The third-order valence-electron chi connectivity index (χ3n) is 4.65. The van der Waals surface area contributed by atoms with Gasteiger partial charge in [0, 0.05) is 24.8 Å². The summed E-state index contributed by atoms with van der Waals surface area (Å²) in [4.78, 5) is 38.5. The second-order valence-electron chi connectivity index (χ2n) is 6.51. The second-order valence-corrected chi connectivity index (χ2v) is 6.51. The number of rotatable bonds is 4. The number of aryl methyl sites for hydroxylation is 1. The Morgan fingerprint density at radius 2 is 1.85 bits per heavy atom. The Balaban J connectivity index is 1.75. The van der Waals surface area contributed by atoms with Crippen LogP contribution >= 0.6 is 0 Å². The monoisotopic (exact) mass is 354 g/mol. The molecule has 7 heteroatoms. The fourth-order valence-corrected chi connectivity index (χ4v) is 2.97. The van der Waals surface area contributed by atoms with Gasteiger partial charge in [0.05, 0.1) is 0 Å². The topological polar surface area (TPSA) is 84.3 Å². The minimum Gasteiger partial charge on any atom is -0.337 e. The quantitative estimate of drug-likeness (QED) is 0.906. The standard InChI is InChI=1S/C19H22N4O3/c1-13-6-5-7-15(14(13)2)20-17(24)12-23-18(25)9-8-16(21-23)19(26)22-10-3-4-11-22/h5-9H,3-4,10-12H2,1-2H3,(H,20,24). The number of likely N-dealkylation sites (tertiary alicyclic amines) is 1. The minimum atomic E-state index is -0.418. The summed E-state index contributed by atoms with van der Waals surface area (Å²) in [6.45, 7) is 5.04. The first-order chi connectivity index (χ1) is 12.5. The van der Waals surface area contributed by atoms with Gasteiger partial charge in [-0.1, -0.05) is 12.1 Å². The maximum Gasteiger partial charge on any atom is 0.274 e. The Hall–Kier alpha value is -2.96. The van der Waals surface area contributed by atoms with Crippen LogP contribution in [0.25, 0.3) is 0 Å². The average Bonchev–Trinajstić information content (AvgIpc) is 3.15. The van der Waals surface area contributed by atoms with E-state index in [9.17, 15) is 14.4 Å². The van der Waals surface area contributed by atoms with E-state index < -0.39 is 5.56 Å². The third kappa shape index (κ3) is 3.82. The molecule has 0 unspecified atom stereocenters. The number of hydrogen-bond donors (Lipinski definition) is 1. The molecule has 1 fully saturated rings. The van der Waals surface area contributed by atoms with Gasteiger partial charge in [-0.2, -0.15) is 5.10 Å². The molecule has 0 radical (unpaired) electrons. The Bertz CT molecular complexity index is 898. The predicted octanol–water partition coefficient (Wildman–Crippen LogP) is 1.73. The number of nitrogens with zero attached hydrogens (tertiary/aromatic N) is 3. The van der Waals surface area contributed by atoms with Gasteiger partial charge in [-0.25, -0.2) is 4.68 Å². The number of nitrogens with one attached hydrogen (secondary N) is 1. The molecule has 1 aromatic carbocycles. The third-order valence-corrected chi connectivity index (χ3v) is 4.65. The van der Waals surface area contributed by atoms with Gasteiger partial charge in [0.1, 0.15) is 12.2 Å². The van der Waals surface area contributed by atoms with E-state index in [1.165, 1.54) is 12.1 Å². The normalized spacial score (nSPS) is 13.7. The van der Waals surface area contributed by atoms with Crippen LogP contribution in [0.2, 0.25) is 0 Å². The first kappa shape index (κ1) is 17.8. The summed E-state index contributed by atoms with van der Waals surface area (Å²) in [5.74, 6) is -0.565. The molecule has 1 N–H and O–H groups in total. The molecule has 0 spiro atoms. The molecule has 0 bridgehead atoms. The molecule has 7 nitrogen and oxygen atoms in total. The fraction of sp³-hybridized carbons (Fsp3) is 0.368. The van der Waals surface area contributed by atoms with E-state index in [0.717, 1.165) is 28.7 Å². The first-order valence-corrected chi connectivity index (χ1v) is 8.69. The van der Waals surface area contributed by atoms with E-state index in [1.807, 2.05) is 32.0 Å². The molecule has 136 valence electrons. The molecule has 0 saturated carbocycles. The Kier molecular flexibility index (Phi) is 5.16. The average molecular weight is 354 g/mol. The Morgan fingerprint density at radius 1 is 1.12 bits per heavy atom. The van der Waals surface area contributed by atoms with Crippen molar-refractivity contribution >= 4 is 17.5 Å². The zero-order chi connectivity index (χ0) is 18.7. The predicted molar refractivity (Wildman–Crippen MR) is 98.2 cm³/mol. The van der Waals surface area contributed by atoms with Crippen molar-refractivity contribution in [2.75, 3.05) is 18.4 Å². The summed E-state index contributed by atoms with van der Waals surface area (Å²) in [6, 6.07) is 8.33. The SMILES string of the molecule is Cc1cccc(NC(=O)Cn2nc(C(=O)N3CCCC3)ccc2=O)c1C. The second kappa shape index (κ2) is 7.51. The summed E-state index contributed by atoms with van der Waals surface area (Å²) >= 11 is 0. The van der Waals surface area contributed by atoms with E-state index in [0.29, 0.717) is 18.8 Å². The van der Waals surface area contributed by atoms with Gasteiger partial charge < -0.3 is 10.2 Å². The van der Waals surface area contributed by atoms with Crippen molar-refractivity contribution in [1.29, 1.82) is 0 Å². The lowest BCUT2D eigenvalue weighted by molar-refractivity contribution is -0.117. The van der Waals surface area contributed by atoms with Crippen molar-refractivity contribution in [2.24, 2.45) is 0 Å². The molecule has 0 aliphatic carbocycles. The van der Waals surface area contributed by atoms with Gasteiger partial charge in [-0.15, -0.1) is 0 Å². The van der Waals surface area contributed by atoms with Crippen LogP contribution in [-0.4, -0.2) is 39.6 Å². The van der Waals surface area contributed by atoms with Gasteiger partial charge in [0.15, 0.2) is 0 Å². The number of aromatic nitrogens is 2. The van der Waals surface area contributed by atoms with E-state index in [4.69, 9.17) is 0 Å². The minimum absolute atomic E-state index is 0.186. The molecule has 2 aromatic rings. The molecule has 2 amide bonds. The van der Waals surface area contributed by atoms with Crippen molar-refractivity contribution in [3.05, 3.63) is 57.5 Å². The number of anilines is 1. The van der Waals surface area contributed by atoms with Crippen LogP contribution < -0.4 is 10.9 Å². The summed E-state index contributed by atoms with van der Waals surface area (Å²) in [6.07, 6.45) is 1.95. The Morgan fingerprint density at radius 3 is 2.58 bits per heavy atom. The van der Waals surface area contributed by atoms with Gasteiger partial charge in [0.25, 0.3) is 11.5 Å². The maximum atomic E-state index is 12.4. The largest absolute Gasteiger partial charge is 0.337 e. The van der Waals surface area contributed by atoms with Gasteiger partial charge >= 0.3 is 0 Å². The van der Waals surface area contributed by atoms with Gasteiger partial charge in [-0.05, 0) is 49.9 Å². The number of amides is 2. The van der Waals surface area contributed by atoms with Crippen molar-refractivity contribution in [3.63, 3.8) is 0 Å². The van der Waals surface area contributed by atoms with Crippen molar-refractivity contribution in [2.45, 2.75) is 33.2 Å². The smallest absolute Gasteiger partial charge is 0.274 e. The molecule has 26 heavy (non-hydrogen) atoms. The van der Waals surface area contributed by atoms with Crippen LogP contribution in [-0.2, 0) is 11.3 Å². The van der Waals surface area contributed by atoms with Crippen LogP contribution in [0.1, 0.15) is 34.5 Å². The highest BCUT2D eigenvalue weighted by atomic mass is 16.2. The van der Waals surface area contributed by atoms with Crippen LogP contribution in [0.5, 0.6) is 0 Å². The molecule has 2 heterocycles. The summed E-state index contributed by atoms with van der Waals surface area (Å²) < 4.78 is 1.03. The van der Waals surface area contributed by atoms with E-state index >= 15 is 0 Å². The lowest BCUT2D eigenvalue weighted by Crippen LogP contribution is -2.34. The van der Waals surface area contributed by atoms with Crippen molar-refractivity contribution in [1.82, 2.24) is 14.7 Å². The highest BCUT2D eigenvalue weighted by Crippen LogP contribution is 2.17. The maximum absolute atomic E-state index is 12.4. The highest BCUT2D eigenvalue weighted by Gasteiger charge is 2.21. The van der Waals surface area contributed by atoms with Crippen molar-refractivity contribution < 1.29 is 9.59 Å². The number of carbonyl (C=O) groups excluding carboxylic acids is 2. The zero-order valence-electron chi connectivity index (χ0n) is 15.0. The van der Waals surface area contributed by atoms with E-state index in [2.05, 4.69) is 10.4 Å². The first-order valence-electron chi connectivity index (χ1n) is 8.69. The lowest BCUT2D eigenvalue weighted by atomic mass is 10.1. The molecule has 0 atom stereocenters. The van der Waals surface area contributed by atoms with Gasteiger partial charge in [0.2, 0.25) is 5.91 Å². The zero-order valence-corrected chi connectivity index (χ0v) is 15.0. The number of benzene rings is 1. The van der Waals surface area contributed by atoms with Crippen LogP contribution in [0, 0.1) is 13.8 Å². The lowest BCUT2D eigenvalue weighted by Gasteiger charge is -2.15. The molecule has 3 rings (SSSR count). The molecular formula is C19H22N4O3. The number of hydrogen-bond acceptors (Lipinski definition) is 4. The van der Waals surface area contributed by atoms with Crippen LogP contribution in [0.4, 0.5) is 5.69 Å². The fourth-order valence-electron chi connectivity index (χ4n) is 2.97. The van der Waals surface area contributed by atoms with E-state index in [1.54, 1.807) is 4.90 Å². The molecule has 1 aliphatic rings. The number of carbonyl (C=O) groups is 2. The summed E-state index contributed by atoms with van der Waals surface area (Å²) in [7, 11) is 0. The summed E-state index contributed by atoms with van der Waals surface area (Å²) in [5, 5.41) is 6.89. The Labute approximate surface area is 151 Å². The van der Waals surface area contributed by atoms with Crippen LogP contribution in [0.15, 0.2) is 35.1 Å². The van der Waals surface area contributed by atoms with Gasteiger partial charge in [-0.3, -0.25) is 14.4 Å². The summed E-state index contributed by atoms with van der Waals surface area (Å²) in [5.41, 5.74) is 2.51. The van der Waals surface area contributed by atoms with E-state index in [-0.39, 0.29) is 24.1 Å². The molecule has 1 aliphatic heterocycles. The molecule has 1 aromatic heterocycles. The van der Waals surface area contributed by atoms with Crippen molar-refractivity contribution in [3.8, 4) is 0 Å². The highest BCUT2D eigenvalue weighted by molar-refractivity contribution is 5.93. The molecular weight excluding hydrogens is 332 g/mol. The molecule has 1 saturated heterocycles. The van der Waals surface area contributed by atoms with Crippen LogP contribution in [0.3, 0.4) is 0 Å².